The number of rotatable bonds is 4. The van der Waals surface area contributed by atoms with Gasteiger partial charge in [-0.05, 0) is 34.5 Å². The topological polar surface area (TPSA) is 88.1 Å². The predicted octanol–water partition coefficient (Wildman–Crippen LogP) is 5.71. The van der Waals surface area contributed by atoms with Gasteiger partial charge in [-0.3, -0.25) is 5.32 Å². The second kappa shape index (κ2) is 8.38. The molecule has 4 aromatic carbocycles. The quantitative estimate of drug-likeness (QED) is 0.435. The Morgan fingerprint density at radius 1 is 0.900 bits per heavy atom. The molecule has 4 aromatic rings. The number of nitrogens with one attached hydrogen (secondary N) is 1. The van der Waals surface area contributed by atoms with E-state index in [0.29, 0.717) is 28.1 Å². The molecular weight excluding hydrogens is 374 g/mol. The van der Waals surface area contributed by atoms with E-state index in [-0.39, 0.29) is 6.61 Å². The highest BCUT2D eigenvalue weighted by atomic mass is 16.5. The zero-order chi connectivity index (χ0) is 20.9. The summed E-state index contributed by atoms with van der Waals surface area (Å²) in [5.74, 6) is 0. The number of fused-ring (bicyclic) bond motifs is 1. The van der Waals surface area contributed by atoms with Gasteiger partial charge in [0, 0.05) is 16.8 Å². The summed E-state index contributed by atoms with van der Waals surface area (Å²) in [4.78, 5) is 12.5. The van der Waals surface area contributed by atoms with E-state index < -0.39 is 6.09 Å². The van der Waals surface area contributed by atoms with Crippen LogP contribution in [0.25, 0.3) is 21.9 Å². The second-order valence-corrected chi connectivity index (χ2v) is 6.78. The van der Waals surface area contributed by atoms with Crippen molar-refractivity contribution in [2.24, 2.45) is 0 Å². The van der Waals surface area contributed by atoms with Crippen molar-refractivity contribution in [1.82, 2.24) is 0 Å². The molecule has 0 saturated carbocycles. The third kappa shape index (κ3) is 3.80. The summed E-state index contributed by atoms with van der Waals surface area (Å²) in [5.41, 5.74) is 9.90. The van der Waals surface area contributed by atoms with Crippen LogP contribution in [0, 0.1) is 11.3 Å². The van der Waals surface area contributed by atoms with Crippen LogP contribution >= 0.6 is 0 Å². The van der Waals surface area contributed by atoms with Gasteiger partial charge in [0.2, 0.25) is 0 Å². The highest BCUT2D eigenvalue weighted by Gasteiger charge is 2.18. The number of nitrogen functional groups attached to an aromatic ring is 1. The number of carbonyl (C=O) groups is 1. The van der Waals surface area contributed by atoms with Crippen LogP contribution in [-0.2, 0) is 11.3 Å². The van der Waals surface area contributed by atoms with Gasteiger partial charge in [-0.1, -0.05) is 66.7 Å². The van der Waals surface area contributed by atoms with Crippen molar-refractivity contribution in [3.8, 4) is 17.2 Å². The zero-order valence-electron chi connectivity index (χ0n) is 16.1. The van der Waals surface area contributed by atoms with Crippen LogP contribution < -0.4 is 11.1 Å². The molecular formula is C25H19N3O2. The minimum atomic E-state index is -0.603. The molecule has 0 spiro atoms. The van der Waals surface area contributed by atoms with Gasteiger partial charge in [-0.2, -0.15) is 5.26 Å². The highest BCUT2D eigenvalue weighted by molar-refractivity contribution is 6.07. The molecule has 0 aromatic heterocycles. The number of nitrogens with two attached hydrogens (primary N) is 1. The van der Waals surface area contributed by atoms with Crippen LogP contribution in [0.3, 0.4) is 0 Å². The average molecular weight is 393 g/mol. The van der Waals surface area contributed by atoms with E-state index in [2.05, 4.69) is 11.4 Å². The maximum Gasteiger partial charge on any atom is 0.411 e. The lowest BCUT2D eigenvalue weighted by molar-refractivity contribution is 0.155. The lowest BCUT2D eigenvalue weighted by Crippen LogP contribution is -2.14. The second-order valence-electron chi connectivity index (χ2n) is 6.78. The van der Waals surface area contributed by atoms with Crippen molar-refractivity contribution in [1.29, 1.82) is 5.26 Å². The molecule has 0 saturated heterocycles. The molecule has 0 aliphatic heterocycles. The van der Waals surface area contributed by atoms with Crippen LogP contribution in [-0.4, -0.2) is 6.09 Å². The molecule has 30 heavy (non-hydrogen) atoms. The fourth-order valence-electron chi connectivity index (χ4n) is 3.46. The van der Waals surface area contributed by atoms with Crippen molar-refractivity contribution in [2.45, 2.75) is 6.61 Å². The highest BCUT2D eigenvalue weighted by Crippen LogP contribution is 2.40. The van der Waals surface area contributed by atoms with Gasteiger partial charge in [0.25, 0.3) is 0 Å². The normalized spacial score (nSPS) is 10.4. The lowest BCUT2D eigenvalue weighted by Gasteiger charge is -2.17. The van der Waals surface area contributed by atoms with Gasteiger partial charge < -0.3 is 10.5 Å². The molecule has 5 heteroatoms. The smallest absolute Gasteiger partial charge is 0.411 e. The Labute approximate surface area is 174 Å². The number of anilines is 2. The predicted molar refractivity (Wildman–Crippen MR) is 119 cm³/mol. The fraction of sp³-hybridized carbons (Fsp3) is 0.0400. The van der Waals surface area contributed by atoms with Crippen molar-refractivity contribution in [3.05, 3.63) is 96.1 Å². The summed E-state index contributed by atoms with van der Waals surface area (Å²) in [6.45, 7) is 0.149. The van der Waals surface area contributed by atoms with Crippen molar-refractivity contribution in [2.75, 3.05) is 11.1 Å². The molecule has 3 N–H and O–H groups in total. The molecule has 0 atom stereocenters. The Kier molecular flexibility index (Phi) is 5.31. The van der Waals surface area contributed by atoms with Gasteiger partial charge >= 0.3 is 6.09 Å². The number of nitriles is 1. The molecule has 0 aliphatic carbocycles. The van der Waals surface area contributed by atoms with E-state index in [9.17, 15) is 10.1 Å². The molecule has 4 rings (SSSR count). The van der Waals surface area contributed by atoms with E-state index in [0.717, 1.165) is 16.3 Å². The first-order valence-corrected chi connectivity index (χ1v) is 9.46. The third-order valence-corrected chi connectivity index (χ3v) is 4.85. The first-order valence-electron chi connectivity index (χ1n) is 9.46. The Bertz CT molecular complexity index is 1260. The minimum Gasteiger partial charge on any atom is -0.444 e. The Morgan fingerprint density at radius 2 is 1.67 bits per heavy atom. The van der Waals surface area contributed by atoms with Gasteiger partial charge in [-0.25, -0.2) is 4.79 Å². The van der Waals surface area contributed by atoms with Gasteiger partial charge in [0.15, 0.2) is 0 Å². The SMILES string of the molecule is N#Cc1cccc(NC(=O)OCc2ccccc2)c1-c1c(N)ccc2ccccc12. The Morgan fingerprint density at radius 3 is 2.47 bits per heavy atom. The first kappa shape index (κ1) is 19.0. The van der Waals surface area contributed by atoms with E-state index in [1.54, 1.807) is 18.2 Å². The number of hydrogen-bond donors (Lipinski definition) is 2. The number of amides is 1. The van der Waals surface area contributed by atoms with Crippen molar-refractivity contribution in [3.63, 3.8) is 0 Å². The van der Waals surface area contributed by atoms with Gasteiger partial charge in [0.05, 0.1) is 17.3 Å². The van der Waals surface area contributed by atoms with E-state index in [1.807, 2.05) is 66.7 Å². The Hall–Kier alpha value is -4.30. The number of ether oxygens (including phenoxy) is 1. The lowest BCUT2D eigenvalue weighted by atomic mass is 9.92. The van der Waals surface area contributed by atoms with Crippen LogP contribution in [0.4, 0.5) is 16.2 Å². The van der Waals surface area contributed by atoms with E-state index in [1.165, 1.54) is 0 Å². The molecule has 1 amide bonds. The molecule has 0 bridgehead atoms. The summed E-state index contributed by atoms with van der Waals surface area (Å²) in [6, 6.07) is 28.3. The molecule has 0 radical (unpaired) electrons. The minimum absolute atomic E-state index is 0.149. The number of hydrogen-bond acceptors (Lipinski definition) is 4. The average Bonchev–Trinajstić information content (AvgIpc) is 2.78. The molecule has 0 unspecified atom stereocenters. The monoisotopic (exact) mass is 393 g/mol. The number of carbonyl (C=O) groups excluding carboxylic acids is 1. The first-order chi connectivity index (χ1) is 14.7. The summed E-state index contributed by atoms with van der Waals surface area (Å²) < 4.78 is 5.35. The zero-order valence-corrected chi connectivity index (χ0v) is 16.1. The van der Waals surface area contributed by atoms with E-state index >= 15 is 0 Å². The summed E-state index contributed by atoms with van der Waals surface area (Å²) in [5, 5.41) is 14.4. The number of nitrogens with zero attached hydrogens (tertiary/aromatic N) is 1. The van der Waals surface area contributed by atoms with Crippen LogP contribution in [0.15, 0.2) is 84.9 Å². The van der Waals surface area contributed by atoms with Crippen LogP contribution in [0.5, 0.6) is 0 Å². The summed E-state index contributed by atoms with van der Waals surface area (Å²) >= 11 is 0. The maximum absolute atomic E-state index is 12.5. The summed E-state index contributed by atoms with van der Waals surface area (Å²) in [6.07, 6.45) is -0.603. The Balaban J connectivity index is 1.73. The largest absolute Gasteiger partial charge is 0.444 e. The number of benzene rings is 4. The van der Waals surface area contributed by atoms with E-state index in [4.69, 9.17) is 10.5 Å². The molecule has 146 valence electrons. The molecule has 0 heterocycles. The fourth-order valence-corrected chi connectivity index (χ4v) is 3.46. The molecule has 0 fully saturated rings. The third-order valence-electron chi connectivity index (χ3n) is 4.85. The van der Waals surface area contributed by atoms with Gasteiger partial charge in [-0.15, -0.1) is 0 Å². The van der Waals surface area contributed by atoms with Gasteiger partial charge in [0.1, 0.15) is 6.61 Å². The van der Waals surface area contributed by atoms with Crippen molar-refractivity contribution >= 4 is 28.2 Å². The summed E-state index contributed by atoms with van der Waals surface area (Å²) in [7, 11) is 0. The molecule has 5 nitrogen and oxygen atoms in total. The van der Waals surface area contributed by atoms with Crippen LogP contribution in [0.2, 0.25) is 0 Å². The standard InChI is InChI=1S/C25H19N3O2/c26-15-19-10-6-12-22(28-25(29)30-16-17-7-2-1-3-8-17)23(19)24-20-11-5-4-9-18(20)13-14-21(24)27/h1-14H,16,27H2,(H,28,29). The van der Waals surface area contributed by atoms with Crippen molar-refractivity contribution < 1.29 is 9.53 Å². The van der Waals surface area contributed by atoms with Crippen LogP contribution in [0.1, 0.15) is 11.1 Å². The molecule has 0 aliphatic rings. The maximum atomic E-state index is 12.5.